The van der Waals surface area contributed by atoms with Crippen LogP contribution in [-0.4, -0.2) is 8.07 Å². The van der Waals surface area contributed by atoms with E-state index in [0.717, 1.165) is 14.6 Å². The van der Waals surface area contributed by atoms with E-state index in [9.17, 15) is 0 Å². The molecule has 138 valence electrons. The van der Waals surface area contributed by atoms with Gasteiger partial charge < -0.3 is 5.73 Å². The molecule has 4 aromatic carbocycles. The highest BCUT2D eigenvalue weighted by molar-refractivity contribution is 9.11. The van der Waals surface area contributed by atoms with Crippen molar-refractivity contribution in [2.75, 3.05) is 5.73 Å². The number of nitrogens with two attached hydrogens (primary N) is 1. The molecule has 4 heteroatoms. The first-order chi connectivity index (χ1) is 13.6. The van der Waals surface area contributed by atoms with E-state index in [1.165, 1.54) is 20.7 Å². The largest absolute Gasteiger partial charge is 0.397 e. The summed E-state index contributed by atoms with van der Waals surface area (Å²) in [6, 6.07) is 36.9. The van der Waals surface area contributed by atoms with Crippen LogP contribution in [0, 0.1) is 0 Å². The summed E-state index contributed by atoms with van der Waals surface area (Å²) < 4.78 is 1.83. The highest BCUT2D eigenvalue weighted by Gasteiger charge is 2.41. The minimum atomic E-state index is -2.50. The van der Waals surface area contributed by atoms with Gasteiger partial charge in [0.05, 0.1) is 5.69 Å². The molecule has 0 fully saturated rings. The molecule has 0 aliphatic heterocycles. The molecule has 0 unspecified atom stereocenters. The maximum atomic E-state index is 6.23. The van der Waals surface area contributed by atoms with E-state index in [1.54, 1.807) is 0 Å². The van der Waals surface area contributed by atoms with Crippen molar-refractivity contribution in [3.05, 3.63) is 112 Å². The smallest absolute Gasteiger partial charge is 0.179 e. The van der Waals surface area contributed by atoms with E-state index in [1.807, 2.05) is 0 Å². The normalized spacial score (nSPS) is 11.4. The standard InChI is InChI=1S/C24H19Br2NSi/c25-22-16-21(17-23(26)24(22)27)28(18-10-4-1-5-11-18,19-12-6-2-7-13-19)20-14-8-3-9-15-20/h1-17H,27H2. The molecule has 4 aromatic rings. The Morgan fingerprint density at radius 2 is 0.821 bits per heavy atom. The highest BCUT2D eigenvalue weighted by atomic mass is 79.9. The lowest BCUT2D eigenvalue weighted by Crippen LogP contribution is -2.74. The summed E-state index contributed by atoms with van der Waals surface area (Å²) in [6.07, 6.45) is 0. The van der Waals surface area contributed by atoms with Gasteiger partial charge in [-0.3, -0.25) is 0 Å². The van der Waals surface area contributed by atoms with Gasteiger partial charge in [-0.25, -0.2) is 0 Å². The highest BCUT2D eigenvalue weighted by Crippen LogP contribution is 2.27. The van der Waals surface area contributed by atoms with Crippen molar-refractivity contribution in [1.82, 2.24) is 0 Å². The molecule has 0 aliphatic rings. The van der Waals surface area contributed by atoms with Crippen molar-refractivity contribution >= 4 is 66.4 Å². The van der Waals surface area contributed by atoms with Crippen molar-refractivity contribution in [3.63, 3.8) is 0 Å². The summed E-state index contributed by atoms with van der Waals surface area (Å²) in [6.45, 7) is 0. The van der Waals surface area contributed by atoms with Crippen molar-refractivity contribution in [1.29, 1.82) is 0 Å². The summed E-state index contributed by atoms with van der Waals surface area (Å²) in [5, 5.41) is 5.31. The van der Waals surface area contributed by atoms with E-state index in [4.69, 9.17) is 5.73 Å². The van der Waals surface area contributed by atoms with Crippen LogP contribution in [0.1, 0.15) is 0 Å². The molecule has 0 bridgehead atoms. The number of halogens is 2. The van der Waals surface area contributed by atoms with Crippen LogP contribution in [0.15, 0.2) is 112 Å². The van der Waals surface area contributed by atoms with Crippen LogP contribution in [0.25, 0.3) is 0 Å². The predicted molar refractivity (Wildman–Crippen MR) is 130 cm³/mol. The molecule has 0 radical (unpaired) electrons. The maximum Gasteiger partial charge on any atom is 0.179 e. The second-order valence-corrected chi connectivity index (χ2v) is 12.2. The second-order valence-electron chi connectivity index (χ2n) is 6.70. The average molecular weight is 509 g/mol. The van der Waals surface area contributed by atoms with Gasteiger partial charge in [-0.2, -0.15) is 0 Å². The first-order valence-electron chi connectivity index (χ1n) is 9.05. The van der Waals surface area contributed by atoms with E-state index in [2.05, 4.69) is 135 Å². The van der Waals surface area contributed by atoms with Crippen molar-refractivity contribution in [2.24, 2.45) is 0 Å². The van der Waals surface area contributed by atoms with Crippen LogP contribution in [0.4, 0.5) is 5.69 Å². The fraction of sp³-hybridized carbons (Fsp3) is 0. The molecule has 28 heavy (non-hydrogen) atoms. The van der Waals surface area contributed by atoms with Crippen molar-refractivity contribution < 1.29 is 0 Å². The SMILES string of the molecule is Nc1c(Br)cc([Si](c2ccccc2)(c2ccccc2)c2ccccc2)cc1Br. The van der Waals surface area contributed by atoms with E-state index in [0.29, 0.717) is 0 Å². The molecule has 2 N–H and O–H groups in total. The van der Waals surface area contributed by atoms with Crippen molar-refractivity contribution in [3.8, 4) is 0 Å². The minimum absolute atomic E-state index is 0.723. The Balaban J connectivity index is 2.17. The van der Waals surface area contributed by atoms with E-state index in [-0.39, 0.29) is 0 Å². The van der Waals surface area contributed by atoms with Crippen LogP contribution in [0.2, 0.25) is 0 Å². The van der Waals surface area contributed by atoms with Gasteiger partial charge in [0.1, 0.15) is 0 Å². The number of nitrogen functional groups attached to an aromatic ring is 1. The molecule has 0 atom stereocenters. The number of rotatable bonds is 4. The Bertz CT molecular complexity index is 964. The molecule has 0 heterocycles. The van der Waals surface area contributed by atoms with E-state index >= 15 is 0 Å². The van der Waals surface area contributed by atoms with Gasteiger partial charge in [0.25, 0.3) is 0 Å². The molecule has 0 aromatic heterocycles. The molecular weight excluding hydrogens is 490 g/mol. The van der Waals surface area contributed by atoms with E-state index < -0.39 is 8.07 Å². The number of anilines is 1. The molecule has 0 amide bonds. The third kappa shape index (κ3) is 3.26. The lowest BCUT2D eigenvalue weighted by atomic mass is 10.3. The Labute approximate surface area is 183 Å². The quantitative estimate of drug-likeness (QED) is 0.250. The molecule has 1 nitrogen and oxygen atoms in total. The molecular formula is C24H19Br2NSi. The zero-order valence-electron chi connectivity index (χ0n) is 15.1. The van der Waals surface area contributed by atoms with Gasteiger partial charge in [0.15, 0.2) is 8.07 Å². The zero-order chi connectivity index (χ0) is 19.6. The fourth-order valence-electron chi connectivity index (χ4n) is 3.87. The molecule has 4 rings (SSSR count). The first kappa shape index (κ1) is 19.2. The van der Waals surface area contributed by atoms with Crippen molar-refractivity contribution in [2.45, 2.75) is 0 Å². The summed E-state index contributed by atoms with van der Waals surface area (Å²) in [5.41, 5.74) is 6.95. The molecule has 0 saturated heterocycles. The van der Waals surface area contributed by atoms with Crippen LogP contribution < -0.4 is 26.5 Å². The van der Waals surface area contributed by atoms with Crippen LogP contribution >= 0.6 is 31.9 Å². The fourth-order valence-corrected chi connectivity index (χ4v) is 10.3. The second kappa shape index (κ2) is 8.07. The van der Waals surface area contributed by atoms with Gasteiger partial charge in [-0.05, 0) is 64.7 Å². The Morgan fingerprint density at radius 1 is 0.500 bits per heavy atom. The van der Waals surface area contributed by atoms with Crippen LogP contribution in [0.3, 0.4) is 0 Å². The predicted octanol–water partition coefficient (Wildman–Crippen LogP) is 4.17. The van der Waals surface area contributed by atoms with Gasteiger partial charge in [0.2, 0.25) is 0 Å². The first-order valence-corrected chi connectivity index (χ1v) is 12.6. The topological polar surface area (TPSA) is 26.0 Å². The summed E-state index contributed by atoms with van der Waals surface area (Å²) in [5.74, 6) is 0. The van der Waals surface area contributed by atoms with Gasteiger partial charge in [-0.1, -0.05) is 91.0 Å². The number of hydrogen-bond acceptors (Lipinski definition) is 1. The zero-order valence-corrected chi connectivity index (χ0v) is 19.3. The Kier molecular flexibility index (Phi) is 5.53. The summed E-state index contributed by atoms with van der Waals surface area (Å²) in [4.78, 5) is 0. The summed E-state index contributed by atoms with van der Waals surface area (Å²) in [7, 11) is -2.50. The lowest BCUT2D eigenvalue weighted by molar-refractivity contribution is 1.60. The minimum Gasteiger partial charge on any atom is -0.397 e. The number of benzene rings is 4. The van der Waals surface area contributed by atoms with Gasteiger partial charge >= 0.3 is 0 Å². The summed E-state index contributed by atoms with van der Waals surface area (Å²) >= 11 is 7.35. The Morgan fingerprint density at radius 3 is 1.14 bits per heavy atom. The Hall–Kier alpha value is -2.14. The maximum absolute atomic E-state index is 6.23. The third-order valence-electron chi connectivity index (χ3n) is 5.13. The monoisotopic (exact) mass is 507 g/mol. The third-order valence-corrected chi connectivity index (χ3v) is 11.2. The van der Waals surface area contributed by atoms with Crippen LogP contribution in [0.5, 0.6) is 0 Å². The number of hydrogen-bond donors (Lipinski definition) is 1. The lowest BCUT2D eigenvalue weighted by Gasteiger charge is -2.34. The van der Waals surface area contributed by atoms with Gasteiger partial charge in [0, 0.05) is 8.95 Å². The molecule has 0 spiro atoms. The molecule has 0 saturated carbocycles. The average Bonchev–Trinajstić information content (AvgIpc) is 2.75. The molecule has 0 aliphatic carbocycles. The van der Waals surface area contributed by atoms with Gasteiger partial charge in [-0.15, -0.1) is 0 Å². The van der Waals surface area contributed by atoms with Crippen LogP contribution in [-0.2, 0) is 0 Å².